The van der Waals surface area contributed by atoms with Gasteiger partial charge in [0.05, 0.1) is 16.2 Å². The van der Waals surface area contributed by atoms with E-state index in [4.69, 9.17) is 0 Å². The number of piperidine rings is 1. The molecule has 0 unspecified atom stereocenters. The van der Waals surface area contributed by atoms with Crippen LogP contribution in [0.1, 0.15) is 54.0 Å². The van der Waals surface area contributed by atoms with Gasteiger partial charge in [-0.1, -0.05) is 36.8 Å². The third-order valence-corrected chi connectivity index (χ3v) is 8.55. The van der Waals surface area contributed by atoms with Crippen LogP contribution in [0.2, 0.25) is 0 Å². The van der Waals surface area contributed by atoms with Crippen molar-refractivity contribution in [2.24, 2.45) is 0 Å². The van der Waals surface area contributed by atoms with E-state index in [1.165, 1.54) is 37.0 Å². The van der Waals surface area contributed by atoms with Crippen LogP contribution >= 0.6 is 0 Å². The lowest BCUT2D eigenvalue weighted by atomic mass is 9.97. The number of nitrogens with one attached hydrogen (secondary N) is 2. The number of benzene rings is 3. The Labute approximate surface area is 245 Å². The van der Waals surface area contributed by atoms with Crippen LogP contribution in [0.4, 0.5) is 17.1 Å². The van der Waals surface area contributed by atoms with Gasteiger partial charge in [-0.15, -0.1) is 0 Å². The lowest BCUT2D eigenvalue weighted by molar-refractivity contribution is -0.384. The first kappa shape index (κ1) is 27.7. The van der Waals surface area contributed by atoms with Gasteiger partial charge in [0, 0.05) is 55.6 Å². The summed E-state index contributed by atoms with van der Waals surface area (Å²) in [6.45, 7) is 6.18. The second-order valence-corrected chi connectivity index (χ2v) is 11.3. The number of carbonyl (C=O) groups is 2. The van der Waals surface area contributed by atoms with Gasteiger partial charge < -0.3 is 20.4 Å². The summed E-state index contributed by atoms with van der Waals surface area (Å²) in [5.74, 6) is -0.244. The topological polar surface area (TPSA) is 108 Å². The van der Waals surface area contributed by atoms with E-state index in [0.717, 1.165) is 54.9 Å². The van der Waals surface area contributed by atoms with Crippen molar-refractivity contribution in [3.8, 4) is 0 Å². The normalized spacial score (nSPS) is 17.7. The molecule has 42 heavy (non-hydrogen) atoms. The number of nitro benzene ring substituents is 1. The molecule has 1 fully saturated rings. The molecule has 9 nitrogen and oxygen atoms in total. The van der Waals surface area contributed by atoms with Crippen molar-refractivity contribution < 1.29 is 14.5 Å². The Bertz CT molecular complexity index is 1570. The summed E-state index contributed by atoms with van der Waals surface area (Å²) in [5, 5.41) is 18.0. The molecule has 3 aromatic rings. The molecule has 6 rings (SSSR count). The molecule has 3 heterocycles. The Kier molecular flexibility index (Phi) is 7.75. The molecule has 0 saturated carbocycles. The zero-order valence-electron chi connectivity index (χ0n) is 23.8. The predicted molar refractivity (Wildman–Crippen MR) is 164 cm³/mol. The Morgan fingerprint density at radius 1 is 0.976 bits per heavy atom. The molecule has 9 heteroatoms. The van der Waals surface area contributed by atoms with Crippen molar-refractivity contribution in [3.63, 3.8) is 0 Å². The third-order valence-electron chi connectivity index (χ3n) is 8.55. The second-order valence-electron chi connectivity index (χ2n) is 11.3. The lowest BCUT2D eigenvalue weighted by Gasteiger charge is -2.28. The van der Waals surface area contributed by atoms with E-state index in [1.54, 1.807) is 13.0 Å². The van der Waals surface area contributed by atoms with E-state index in [-0.39, 0.29) is 17.5 Å². The molecule has 3 aromatic carbocycles. The molecule has 2 amide bonds. The lowest BCUT2D eigenvalue weighted by Crippen LogP contribution is -2.34. The van der Waals surface area contributed by atoms with Crippen molar-refractivity contribution >= 4 is 40.1 Å². The molecule has 0 bridgehead atoms. The Balaban J connectivity index is 1.35. The van der Waals surface area contributed by atoms with Gasteiger partial charge in [0.25, 0.3) is 11.6 Å². The number of rotatable bonds is 7. The highest BCUT2D eigenvalue weighted by atomic mass is 16.6. The van der Waals surface area contributed by atoms with E-state index >= 15 is 0 Å². The fraction of sp³-hybridized carbons (Fsp3) is 0.333. The average molecular weight is 566 g/mol. The van der Waals surface area contributed by atoms with Crippen LogP contribution in [-0.4, -0.2) is 52.7 Å². The fourth-order valence-corrected chi connectivity index (χ4v) is 6.15. The number of hydrogen-bond acceptors (Lipinski definition) is 6. The zero-order valence-corrected chi connectivity index (χ0v) is 23.8. The highest BCUT2D eigenvalue weighted by Crippen LogP contribution is 2.39. The van der Waals surface area contributed by atoms with Gasteiger partial charge in [0.2, 0.25) is 5.91 Å². The zero-order chi connectivity index (χ0) is 29.2. The number of hydrogen-bond donors (Lipinski definition) is 2. The van der Waals surface area contributed by atoms with E-state index in [0.29, 0.717) is 35.6 Å². The van der Waals surface area contributed by atoms with Gasteiger partial charge in [-0.3, -0.25) is 19.7 Å². The summed E-state index contributed by atoms with van der Waals surface area (Å²) in [7, 11) is 0. The molecule has 3 aliphatic rings. The third kappa shape index (κ3) is 5.78. The van der Waals surface area contributed by atoms with Crippen LogP contribution in [0.3, 0.4) is 0 Å². The van der Waals surface area contributed by atoms with Crippen molar-refractivity contribution in [2.45, 2.75) is 45.6 Å². The van der Waals surface area contributed by atoms with E-state index in [9.17, 15) is 19.7 Å². The molecule has 0 spiro atoms. The van der Waals surface area contributed by atoms with Crippen molar-refractivity contribution in [1.82, 2.24) is 9.80 Å². The van der Waals surface area contributed by atoms with Crippen LogP contribution < -0.4 is 10.6 Å². The molecule has 216 valence electrons. The van der Waals surface area contributed by atoms with Crippen molar-refractivity contribution in [3.05, 3.63) is 98.6 Å². The standard InChI is InChI=1S/C33H35N5O4/c1-22(39)37-18-14-25-19-27(10-9-26(25)21-37)34-32(31-29-20-28(38(41)42)11-12-30(29)35-33(31)40)24-7-5-23(6-8-24)13-17-36-15-3-2-4-16-36/h5-12,19-20,34H,2-4,13-18,21H2,1H3,(H,35,40). The number of nitro groups is 1. The summed E-state index contributed by atoms with van der Waals surface area (Å²) in [5.41, 5.74) is 7.06. The van der Waals surface area contributed by atoms with Crippen LogP contribution in [-0.2, 0) is 29.0 Å². The maximum absolute atomic E-state index is 13.4. The van der Waals surface area contributed by atoms with Crippen LogP contribution in [0, 0.1) is 10.1 Å². The molecule has 2 N–H and O–H groups in total. The fourth-order valence-electron chi connectivity index (χ4n) is 6.15. The number of amides is 2. The summed E-state index contributed by atoms with van der Waals surface area (Å²) >= 11 is 0. The van der Waals surface area contributed by atoms with Gasteiger partial charge in [-0.05, 0) is 79.2 Å². The molecule has 3 aliphatic heterocycles. The maximum atomic E-state index is 13.4. The first-order valence-corrected chi connectivity index (χ1v) is 14.7. The molecule has 0 atom stereocenters. The molecule has 0 aromatic heterocycles. The Hall–Kier alpha value is -4.50. The van der Waals surface area contributed by atoms with Crippen molar-refractivity contribution in [1.29, 1.82) is 0 Å². The molecule has 1 saturated heterocycles. The van der Waals surface area contributed by atoms with Gasteiger partial charge in [-0.25, -0.2) is 0 Å². The van der Waals surface area contributed by atoms with Crippen LogP contribution in [0.25, 0.3) is 11.3 Å². The molecule has 0 aliphatic carbocycles. The van der Waals surface area contributed by atoms with Crippen molar-refractivity contribution in [2.75, 3.05) is 36.8 Å². The van der Waals surface area contributed by atoms with Gasteiger partial charge in [-0.2, -0.15) is 0 Å². The number of fused-ring (bicyclic) bond motifs is 2. The minimum atomic E-state index is -0.446. The number of nitrogens with zero attached hydrogens (tertiary/aromatic N) is 3. The largest absolute Gasteiger partial charge is 0.354 e. The molecule has 0 radical (unpaired) electrons. The highest BCUT2D eigenvalue weighted by Gasteiger charge is 2.30. The molecular weight excluding hydrogens is 530 g/mol. The first-order chi connectivity index (χ1) is 20.4. The number of anilines is 2. The SMILES string of the molecule is CC(=O)N1CCc2cc(NC(=C3C(=O)Nc4ccc([N+](=O)[O-])cc43)c3ccc(CCN4CCCCC4)cc3)ccc2C1. The number of non-ortho nitro benzene ring substituents is 1. The number of likely N-dealkylation sites (tertiary alicyclic amines) is 1. The Morgan fingerprint density at radius 3 is 2.50 bits per heavy atom. The summed E-state index contributed by atoms with van der Waals surface area (Å²) in [6, 6.07) is 18.7. The van der Waals surface area contributed by atoms with Gasteiger partial charge >= 0.3 is 0 Å². The second kappa shape index (κ2) is 11.8. The summed E-state index contributed by atoms with van der Waals surface area (Å²) < 4.78 is 0. The first-order valence-electron chi connectivity index (χ1n) is 14.7. The monoisotopic (exact) mass is 565 g/mol. The molecular formula is C33H35N5O4. The van der Waals surface area contributed by atoms with E-state index < -0.39 is 4.92 Å². The van der Waals surface area contributed by atoms with Crippen LogP contribution in [0.15, 0.2) is 60.7 Å². The van der Waals surface area contributed by atoms with Gasteiger partial charge in [0.15, 0.2) is 0 Å². The average Bonchev–Trinajstić information content (AvgIpc) is 3.33. The smallest absolute Gasteiger partial charge is 0.270 e. The summed E-state index contributed by atoms with van der Waals surface area (Å²) in [4.78, 5) is 40.7. The minimum absolute atomic E-state index is 0.0641. The minimum Gasteiger partial charge on any atom is -0.354 e. The highest BCUT2D eigenvalue weighted by molar-refractivity contribution is 6.37. The van der Waals surface area contributed by atoms with Gasteiger partial charge in [0.1, 0.15) is 0 Å². The van der Waals surface area contributed by atoms with E-state index in [1.807, 2.05) is 29.2 Å². The Morgan fingerprint density at radius 2 is 1.76 bits per heavy atom. The van der Waals surface area contributed by atoms with E-state index in [2.05, 4.69) is 33.7 Å². The predicted octanol–water partition coefficient (Wildman–Crippen LogP) is 5.46. The summed E-state index contributed by atoms with van der Waals surface area (Å²) in [6.07, 6.45) is 5.55. The maximum Gasteiger partial charge on any atom is 0.270 e. The quantitative estimate of drug-likeness (QED) is 0.224. The van der Waals surface area contributed by atoms with Crippen LogP contribution in [0.5, 0.6) is 0 Å². The number of carbonyl (C=O) groups excluding carboxylic acids is 2.